The number of benzene rings is 2. The molecule has 0 saturated carbocycles. The van der Waals surface area contributed by atoms with E-state index in [0.29, 0.717) is 6.61 Å². The van der Waals surface area contributed by atoms with Gasteiger partial charge in [0.05, 0.1) is 14.7 Å². The van der Waals surface area contributed by atoms with Crippen LogP contribution in [0.1, 0.15) is 21.8 Å². The van der Waals surface area contributed by atoms with Crippen LogP contribution in [0.2, 0.25) is 78.6 Å². The summed E-state index contributed by atoms with van der Waals surface area (Å²) in [4.78, 5) is 5.24. The van der Waals surface area contributed by atoms with Crippen LogP contribution in [0, 0.1) is 0 Å². The van der Waals surface area contributed by atoms with Gasteiger partial charge in [-0.1, -0.05) is 88.2 Å². The third kappa shape index (κ3) is 11.4. The van der Waals surface area contributed by atoms with Crippen LogP contribution >= 0.6 is 0 Å². The summed E-state index contributed by atoms with van der Waals surface area (Å²) < 4.78 is 26.1. The maximum Gasteiger partial charge on any atom is 0.386 e. The second kappa shape index (κ2) is 14.8. The molecule has 5 nitrogen and oxygen atoms in total. The predicted octanol–water partition coefficient (Wildman–Crippen LogP) is 6.96. The van der Waals surface area contributed by atoms with E-state index in [1.54, 1.807) is 5.70 Å². The van der Waals surface area contributed by atoms with Gasteiger partial charge in [-0.15, -0.1) is 6.58 Å². The van der Waals surface area contributed by atoms with Gasteiger partial charge in [0.1, 0.15) is 0 Å². The fourth-order valence-corrected chi connectivity index (χ4v) is 25.7. The lowest BCUT2D eigenvalue weighted by Gasteiger charge is -2.39. The van der Waals surface area contributed by atoms with Crippen LogP contribution in [0.5, 0.6) is 0 Å². The molecule has 0 heterocycles. The lowest BCUT2D eigenvalue weighted by Crippen LogP contribution is -2.60. The largest absolute Gasteiger partial charge is 0.433 e. The lowest BCUT2D eigenvalue weighted by molar-refractivity contribution is -0.222. The first-order chi connectivity index (χ1) is 17.7. The molecular weight excluding hydrogens is 609 g/mol. The molecule has 0 amide bonds. The first-order valence-corrected chi connectivity index (χ1v) is 31.4. The minimum absolute atomic E-state index is 0. The molecule has 0 bridgehead atoms. The van der Waals surface area contributed by atoms with Gasteiger partial charge in [0, 0.05) is 0 Å². The van der Waals surface area contributed by atoms with Crippen molar-refractivity contribution in [3.05, 3.63) is 60.8 Å². The number of hydrogen-bond acceptors (Lipinski definition) is 5. The van der Waals surface area contributed by atoms with E-state index in [9.17, 15) is 0 Å². The van der Waals surface area contributed by atoms with Crippen molar-refractivity contribution in [2.24, 2.45) is 0 Å². The van der Waals surface area contributed by atoms with Crippen molar-refractivity contribution >= 4 is 70.9 Å². The molecule has 234 valence electrons. The zero-order valence-electron chi connectivity index (χ0n) is 26.7. The molecule has 0 saturated heterocycles. The first kappa shape index (κ1) is 40.3. The Labute approximate surface area is 259 Å². The van der Waals surface area contributed by atoms with E-state index in [1.807, 2.05) is 13.5 Å². The molecule has 2 aromatic carbocycles. The molecule has 2 rings (SSSR count). The van der Waals surface area contributed by atoms with Crippen LogP contribution in [-0.4, -0.2) is 56.8 Å². The van der Waals surface area contributed by atoms with Crippen LogP contribution in [0.3, 0.4) is 0 Å². The van der Waals surface area contributed by atoms with Crippen molar-refractivity contribution in [1.82, 2.24) is 0 Å². The van der Waals surface area contributed by atoms with Gasteiger partial charge in [-0.3, -0.25) is 0 Å². The fourth-order valence-electron chi connectivity index (χ4n) is 4.85. The van der Waals surface area contributed by atoms with Gasteiger partial charge in [-0.25, -0.2) is 9.46 Å². The Kier molecular flexibility index (Phi) is 14.6. The van der Waals surface area contributed by atoms with Gasteiger partial charge in [0.2, 0.25) is 25.0 Å². The molecule has 41 heavy (non-hydrogen) atoms. The highest BCUT2D eigenvalue weighted by molar-refractivity contribution is 6.96. The SMILES string of the molecule is C.C.C=C[Si](C)(OOCC)O[Si](C)(C)c1ccc([Si](C)(C)O[Si](C)(C)O[Si](C)(C)c2ccc([Si](C)(C)C)cc2)cc1. The topological polar surface area (TPSA) is 46.2 Å². The number of hydrogen-bond donors (Lipinski definition) is 0. The van der Waals surface area contributed by atoms with Crippen molar-refractivity contribution in [3.8, 4) is 0 Å². The zero-order valence-corrected chi connectivity index (χ0v) is 32.7. The quantitative estimate of drug-likeness (QED) is 0.124. The van der Waals surface area contributed by atoms with Crippen molar-refractivity contribution in [1.29, 1.82) is 0 Å². The molecule has 1 atom stereocenters. The first-order valence-electron chi connectivity index (χ1n) is 13.9. The summed E-state index contributed by atoms with van der Waals surface area (Å²) in [5.41, 5.74) is 1.79. The summed E-state index contributed by atoms with van der Waals surface area (Å²) in [6.45, 7) is 33.4. The van der Waals surface area contributed by atoms with Crippen molar-refractivity contribution in [3.63, 3.8) is 0 Å². The van der Waals surface area contributed by atoms with Gasteiger partial charge in [0.15, 0.2) is 0 Å². The van der Waals surface area contributed by atoms with Crippen LogP contribution in [0.25, 0.3) is 0 Å². The zero-order chi connectivity index (χ0) is 29.9. The van der Waals surface area contributed by atoms with E-state index in [1.165, 1.54) is 20.7 Å². The summed E-state index contributed by atoms with van der Waals surface area (Å²) in [5.74, 6) is 0. The normalized spacial score (nSPS) is 14.5. The Morgan fingerprint density at radius 2 is 0.878 bits per heavy atom. The third-order valence-corrected chi connectivity index (χ3v) is 27.0. The number of rotatable bonds is 14. The Morgan fingerprint density at radius 3 is 1.17 bits per heavy atom. The van der Waals surface area contributed by atoms with E-state index in [0.717, 1.165) is 0 Å². The highest BCUT2D eigenvalue weighted by atomic mass is 28.5. The van der Waals surface area contributed by atoms with Crippen LogP contribution in [0.15, 0.2) is 60.8 Å². The Balaban J connectivity index is 0.00000800. The summed E-state index contributed by atoms with van der Waals surface area (Å²) in [6, 6.07) is 18.0. The third-order valence-electron chi connectivity index (χ3n) is 6.89. The molecule has 0 spiro atoms. The average molecular weight is 669 g/mol. The average Bonchev–Trinajstić information content (AvgIpc) is 2.80. The van der Waals surface area contributed by atoms with E-state index < -0.39 is 50.1 Å². The molecule has 0 aliphatic rings. The van der Waals surface area contributed by atoms with Gasteiger partial charge in [-0.2, -0.15) is 0 Å². The van der Waals surface area contributed by atoms with Crippen LogP contribution in [0.4, 0.5) is 0 Å². The monoisotopic (exact) mass is 668 g/mol. The van der Waals surface area contributed by atoms with Crippen molar-refractivity contribution in [2.75, 3.05) is 6.61 Å². The maximum atomic E-state index is 6.95. The smallest absolute Gasteiger partial charge is 0.386 e. The van der Waals surface area contributed by atoms with E-state index >= 15 is 0 Å². The Morgan fingerprint density at radius 1 is 0.561 bits per heavy atom. The highest BCUT2D eigenvalue weighted by Crippen LogP contribution is 2.22. The Hall–Kier alpha value is -0.719. The van der Waals surface area contributed by atoms with Gasteiger partial charge < -0.3 is 12.3 Å². The van der Waals surface area contributed by atoms with Gasteiger partial charge in [0.25, 0.3) is 0 Å². The highest BCUT2D eigenvalue weighted by Gasteiger charge is 2.42. The van der Waals surface area contributed by atoms with Crippen molar-refractivity contribution < 1.29 is 21.8 Å². The van der Waals surface area contributed by atoms with Crippen LogP contribution < -0.4 is 20.7 Å². The van der Waals surface area contributed by atoms with Crippen molar-refractivity contribution in [2.45, 2.75) is 100 Å². The van der Waals surface area contributed by atoms with Crippen LogP contribution in [-0.2, 0) is 21.8 Å². The van der Waals surface area contributed by atoms with E-state index in [-0.39, 0.29) is 14.9 Å². The molecule has 1 unspecified atom stereocenters. The summed E-state index contributed by atoms with van der Waals surface area (Å²) in [6.07, 6.45) is 0. The molecule has 2 aromatic rings. The molecule has 0 aromatic heterocycles. The molecule has 0 fully saturated rings. The van der Waals surface area contributed by atoms with E-state index in [2.05, 4.69) is 127 Å². The minimum atomic E-state index is -2.63. The van der Waals surface area contributed by atoms with E-state index in [4.69, 9.17) is 21.8 Å². The summed E-state index contributed by atoms with van der Waals surface area (Å²) >= 11 is 0. The second-order valence-corrected chi connectivity index (χ2v) is 37.1. The van der Waals surface area contributed by atoms with Gasteiger partial charge in [-0.05, 0) is 87.1 Å². The minimum Gasteiger partial charge on any atom is -0.433 e. The Bertz CT molecular complexity index is 1100. The molecule has 0 aliphatic carbocycles. The molecule has 11 heteroatoms. The summed E-state index contributed by atoms with van der Waals surface area (Å²) in [7, 11) is -13.0. The second-order valence-electron chi connectivity index (χ2n) is 13.4. The lowest BCUT2D eigenvalue weighted by atomic mass is 10.4. The summed E-state index contributed by atoms with van der Waals surface area (Å²) in [5, 5.41) is 5.28. The standard InChI is InChI=1S/C28H52O5Si6.2CH4/c1-15-29-30-39(14,16-2)33-37(10,11)28-23-21-27(22-24-28)36(8,9)32-38(12,13)31-35(6,7)26-19-17-25(18-20-26)34(3,4)5;;/h16-24H,2,15H2,1,3-14H3;2*1H4. The fraction of sp³-hybridized carbons (Fsp3) is 0.533. The van der Waals surface area contributed by atoms with Gasteiger partial charge >= 0.3 is 17.1 Å². The molecule has 0 radical (unpaired) electrons. The molecular formula is C30H60O5Si6. The predicted molar refractivity (Wildman–Crippen MR) is 196 cm³/mol. The molecule has 0 aliphatic heterocycles. The molecule has 0 N–H and O–H groups in total. The maximum absolute atomic E-state index is 6.95.